The number of rotatable bonds is 9. The summed E-state index contributed by atoms with van der Waals surface area (Å²) in [5, 5.41) is 4.07. The lowest BCUT2D eigenvalue weighted by Crippen LogP contribution is -2.18. The van der Waals surface area contributed by atoms with Gasteiger partial charge in [-0.2, -0.15) is 5.10 Å². The third-order valence-electron chi connectivity index (χ3n) is 3.41. The predicted octanol–water partition coefficient (Wildman–Crippen LogP) is 4.63. The van der Waals surface area contributed by atoms with Crippen molar-refractivity contribution < 1.29 is 14.3 Å². The van der Waals surface area contributed by atoms with Crippen molar-refractivity contribution >= 4 is 34.7 Å². The van der Waals surface area contributed by atoms with Gasteiger partial charge in [0.2, 0.25) is 0 Å². The molecule has 0 aliphatic carbocycles. The molecule has 2 aromatic rings. The van der Waals surface area contributed by atoms with Gasteiger partial charge in [0.05, 0.1) is 25.0 Å². The van der Waals surface area contributed by atoms with E-state index in [0.717, 1.165) is 27.7 Å². The molecular formula is C20H23IN2O3. The van der Waals surface area contributed by atoms with Gasteiger partial charge in [-0.1, -0.05) is 26.0 Å². The molecule has 6 heteroatoms. The van der Waals surface area contributed by atoms with Gasteiger partial charge in [0.1, 0.15) is 11.5 Å². The molecule has 0 saturated carbocycles. The maximum absolute atomic E-state index is 12.2. The molecule has 0 radical (unpaired) electrons. The highest BCUT2D eigenvalue weighted by Gasteiger charge is 2.08. The summed E-state index contributed by atoms with van der Waals surface area (Å²) < 4.78 is 12.3. The number of carbonyl (C=O) groups is 1. The van der Waals surface area contributed by atoms with Gasteiger partial charge >= 0.3 is 0 Å². The molecule has 0 fully saturated rings. The van der Waals surface area contributed by atoms with E-state index >= 15 is 0 Å². The smallest absolute Gasteiger partial charge is 0.272 e. The summed E-state index contributed by atoms with van der Waals surface area (Å²) in [6, 6.07) is 13.0. The Hall–Kier alpha value is -2.09. The summed E-state index contributed by atoms with van der Waals surface area (Å²) in [7, 11) is 0. The molecule has 1 amide bonds. The Kier molecular flexibility index (Phi) is 8.40. The van der Waals surface area contributed by atoms with Crippen molar-refractivity contribution in [2.24, 2.45) is 5.10 Å². The average molecular weight is 466 g/mol. The normalized spacial score (nSPS) is 10.7. The highest BCUT2D eigenvalue weighted by Crippen LogP contribution is 2.24. The molecule has 2 rings (SSSR count). The van der Waals surface area contributed by atoms with Crippen molar-refractivity contribution in [2.75, 3.05) is 13.2 Å². The van der Waals surface area contributed by atoms with Crippen LogP contribution in [0.25, 0.3) is 0 Å². The topological polar surface area (TPSA) is 59.9 Å². The molecule has 0 heterocycles. The lowest BCUT2D eigenvalue weighted by atomic mass is 10.2. The van der Waals surface area contributed by atoms with Crippen LogP contribution in [0.15, 0.2) is 47.6 Å². The number of nitrogens with zero attached hydrogens (tertiary/aromatic N) is 1. The van der Waals surface area contributed by atoms with Crippen LogP contribution in [0.1, 0.15) is 42.6 Å². The lowest BCUT2D eigenvalue weighted by molar-refractivity contribution is 0.0954. The Balaban J connectivity index is 2.09. The number of ether oxygens (including phenoxy) is 2. The second-order valence-corrected chi connectivity index (χ2v) is 6.74. The first-order valence-electron chi connectivity index (χ1n) is 8.63. The Morgan fingerprint density at radius 2 is 1.85 bits per heavy atom. The zero-order valence-electron chi connectivity index (χ0n) is 15.0. The summed E-state index contributed by atoms with van der Waals surface area (Å²) in [5.74, 6) is 1.20. The molecule has 138 valence electrons. The number of benzene rings is 2. The van der Waals surface area contributed by atoms with E-state index in [-0.39, 0.29) is 5.91 Å². The first-order chi connectivity index (χ1) is 12.7. The molecule has 0 saturated heterocycles. The fourth-order valence-corrected chi connectivity index (χ4v) is 2.77. The maximum atomic E-state index is 12.2. The third-order valence-corrected chi connectivity index (χ3v) is 4.35. The minimum atomic E-state index is -0.245. The minimum absolute atomic E-state index is 0.245. The van der Waals surface area contributed by atoms with Crippen LogP contribution < -0.4 is 14.9 Å². The highest BCUT2D eigenvalue weighted by molar-refractivity contribution is 14.1. The average Bonchev–Trinajstić information content (AvgIpc) is 2.66. The number of hydrazone groups is 1. The monoisotopic (exact) mass is 466 g/mol. The predicted molar refractivity (Wildman–Crippen MR) is 112 cm³/mol. The third kappa shape index (κ3) is 6.01. The van der Waals surface area contributed by atoms with E-state index in [1.807, 2.05) is 43.3 Å². The summed E-state index contributed by atoms with van der Waals surface area (Å²) in [6.07, 6.45) is 3.43. The molecular weight excluding hydrogens is 443 g/mol. The van der Waals surface area contributed by atoms with Gasteiger partial charge in [-0.15, -0.1) is 0 Å². The Morgan fingerprint density at radius 3 is 2.58 bits per heavy atom. The van der Waals surface area contributed by atoms with Gasteiger partial charge < -0.3 is 9.47 Å². The Morgan fingerprint density at radius 1 is 1.12 bits per heavy atom. The molecule has 2 aromatic carbocycles. The fraction of sp³-hybridized carbons (Fsp3) is 0.300. The van der Waals surface area contributed by atoms with Crippen LogP contribution in [0.2, 0.25) is 0 Å². The van der Waals surface area contributed by atoms with Crippen LogP contribution in [0, 0.1) is 3.57 Å². The first-order valence-corrected chi connectivity index (χ1v) is 9.71. The van der Waals surface area contributed by atoms with Crippen LogP contribution in [0.3, 0.4) is 0 Å². The number of nitrogens with one attached hydrogen (secondary N) is 1. The number of hydrogen-bond acceptors (Lipinski definition) is 4. The summed E-state index contributed by atoms with van der Waals surface area (Å²) >= 11 is 2.13. The van der Waals surface area contributed by atoms with Crippen molar-refractivity contribution in [1.82, 2.24) is 5.43 Å². The highest BCUT2D eigenvalue weighted by atomic mass is 127. The molecule has 5 nitrogen and oxygen atoms in total. The second-order valence-electron chi connectivity index (χ2n) is 5.58. The minimum Gasteiger partial charge on any atom is -0.493 e. The van der Waals surface area contributed by atoms with Crippen molar-refractivity contribution in [3.8, 4) is 11.5 Å². The summed E-state index contributed by atoms with van der Waals surface area (Å²) in [6.45, 7) is 5.37. The van der Waals surface area contributed by atoms with E-state index in [2.05, 4.69) is 40.0 Å². The Bertz CT molecular complexity index is 762. The number of carbonyl (C=O) groups excluding carboxylic acids is 1. The number of hydrogen-bond donors (Lipinski definition) is 1. The number of halogens is 1. The van der Waals surface area contributed by atoms with E-state index in [9.17, 15) is 4.79 Å². The van der Waals surface area contributed by atoms with E-state index in [1.54, 1.807) is 12.3 Å². The van der Waals surface area contributed by atoms with Crippen molar-refractivity contribution in [2.45, 2.75) is 26.7 Å². The van der Waals surface area contributed by atoms with Gasteiger partial charge in [0, 0.05) is 15.2 Å². The molecule has 0 atom stereocenters. The molecule has 0 aromatic heterocycles. The lowest BCUT2D eigenvalue weighted by Gasteiger charge is -2.11. The van der Waals surface area contributed by atoms with Crippen LogP contribution >= 0.6 is 22.6 Å². The van der Waals surface area contributed by atoms with Crippen molar-refractivity contribution in [3.63, 3.8) is 0 Å². The Labute approximate surface area is 167 Å². The second kappa shape index (κ2) is 10.8. The zero-order valence-corrected chi connectivity index (χ0v) is 17.2. The van der Waals surface area contributed by atoms with Crippen LogP contribution in [-0.2, 0) is 0 Å². The molecule has 0 aliphatic heterocycles. The van der Waals surface area contributed by atoms with Gasteiger partial charge in [0.25, 0.3) is 5.91 Å². The number of amides is 1. The van der Waals surface area contributed by atoms with E-state index in [1.165, 1.54) is 0 Å². The van der Waals surface area contributed by atoms with Crippen LogP contribution in [0.5, 0.6) is 11.5 Å². The van der Waals surface area contributed by atoms with Crippen LogP contribution in [0.4, 0.5) is 0 Å². The maximum Gasteiger partial charge on any atom is 0.272 e. The van der Waals surface area contributed by atoms with E-state index in [4.69, 9.17) is 9.47 Å². The zero-order chi connectivity index (χ0) is 18.8. The van der Waals surface area contributed by atoms with Gasteiger partial charge in [-0.05, 0) is 59.7 Å². The molecule has 0 spiro atoms. The van der Waals surface area contributed by atoms with Gasteiger partial charge in [-0.25, -0.2) is 5.43 Å². The standard InChI is InChI=1S/C20H23IN2O3/c1-3-11-25-16-10-9-15(19(13-16)26-12-4-2)14-22-23-20(24)17-7-5-6-8-18(17)21/h5-10,13-14H,3-4,11-12H2,1-2H3,(H,23,24)/b22-14+. The molecule has 0 aliphatic rings. The summed E-state index contributed by atoms with van der Waals surface area (Å²) in [4.78, 5) is 12.2. The summed E-state index contributed by atoms with van der Waals surface area (Å²) in [5.41, 5.74) is 3.94. The van der Waals surface area contributed by atoms with E-state index < -0.39 is 0 Å². The molecule has 26 heavy (non-hydrogen) atoms. The quantitative estimate of drug-likeness (QED) is 0.333. The van der Waals surface area contributed by atoms with Crippen molar-refractivity contribution in [1.29, 1.82) is 0 Å². The van der Waals surface area contributed by atoms with Gasteiger partial charge in [0.15, 0.2) is 0 Å². The largest absolute Gasteiger partial charge is 0.493 e. The SMILES string of the molecule is CCCOc1ccc(/C=N/NC(=O)c2ccccc2I)c(OCCC)c1. The molecule has 0 bridgehead atoms. The molecule has 0 unspecified atom stereocenters. The first kappa shape index (κ1) is 20.2. The van der Waals surface area contributed by atoms with Crippen molar-refractivity contribution in [3.05, 3.63) is 57.2 Å². The van der Waals surface area contributed by atoms with Gasteiger partial charge in [-0.3, -0.25) is 4.79 Å². The van der Waals surface area contributed by atoms with E-state index in [0.29, 0.717) is 24.5 Å². The molecule has 1 N–H and O–H groups in total. The van der Waals surface area contributed by atoms with Crippen LogP contribution in [-0.4, -0.2) is 25.3 Å². The fourth-order valence-electron chi connectivity index (χ4n) is 2.13.